The van der Waals surface area contributed by atoms with Crippen LogP contribution in [0.15, 0.2) is 47.1 Å². The van der Waals surface area contributed by atoms with E-state index in [1.54, 1.807) is 26.8 Å². The van der Waals surface area contributed by atoms with Gasteiger partial charge in [-0.2, -0.15) is 0 Å². The minimum absolute atomic E-state index is 0.0671. The monoisotopic (exact) mass is 416 g/mol. The summed E-state index contributed by atoms with van der Waals surface area (Å²) in [5.74, 6) is -2.51. The molecule has 1 atom stereocenters. The van der Waals surface area contributed by atoms with Crippen LogP contribution in [-0.4, -0.2) is 43.0 Å². The van der Waals surface area contributed by atoms with Gasteiger partial charge in [0, 0.05) is 5.69 Å². The summed E-state index contributed by atoms with van der Waals surface area (Å²) >= 11 is 0. The zero-order valence-electron chi connectivity index (χ0n) is 17.0. The number of benzene rings is 1. The van der Waals surface area contributed by atoms with Crippen LogP contribution >= 0.6 is 0 Å². The highest BCUT2D eigenvalue weighted by atomic mass is 16.5. The first-order valence-electron chi connectivity index (χ1n) is 9.39. The molecule has 9 heteroatoms. The van der Waals surface area contributed by atoms with Gasteiger partial charge in [-0.05, 0) is 49.2 Å². The van der Waals surface area contributed by atoms with Gasteiger partial charge in [0.25, 0.3) is 11.8 Å². The first kappa shape index (κ1) is 22.7. The Labute approximate surface area is 173 Å². The second-order valence-corrected chi connectivity index (χ2v) is 6.63. The summed E-state index contributed by atoms with van der Waals surface area (Å²) in [5.41, 5.74) is 0.781. The van der Waals surface area contributed by atoms with Crippen molar-refractivity contribution in [3.8, 4) is 0 Å². The van der Waals surface area contributed by atoms with Crippen LogP contribution in [0.3, 0.4) is 0 Å². The van der Waals surface area contributed by atoms with Gasteiger partial charge in [-0.15, -0.1) is 0 Å². The summed E-state index contributed by atoms with van der Waals surface area (Å²) in [5, 5.41) is 5.09. The SMILES string of the molecule is CCOC(=O)c1ccc(NC(=O)COC(=O)[C@@H](NC(=O)c2ccco2)C(C)C)cc1. The summed E-state index contributed by atoms with van der Waals surface area (Å²) in [6.45, 7) is 4.92. The topological polar surface area (TPSA) is 124 Å². The second kappa shape index (κ2) is 10.8. The fourth-order valence-electron chi connectivity index (χ4n) is 2.45. The minimum Gasteiger partial charge on any atom is -0.462 e. The van der Waals surface area contributed by atoms with Crippen molar-refractivity contribution in [1.29, 1.82) is 0 Å². The van der Waals surface area contributed by atoms with E-state index in [0.29, 0.717) is 11.3 Å². The third-order valence-corrected chi connectivity index (χ3v) is 3.98. The smallest absolute Gasteiger partial charge is 0.338 e. The normalized spacial score (nSPS) is 11.5. The van der Waals surface area contributed by atoms with Gasteiger partial charge in [0.1, 0.15) is 6.04 Å². The van der Waals surface area contributed by atoms with E-state index in [1.807, 2.05) is 0 Å². The largest absolute Gasteiger partial charge is 0.462 e. The molecule has 2 aromatic rings. The van der Waals surface area contributed by atoms with E-state index in [2.05, 4.69) is 10.6 Å². The molecule has 0 aliphatic rings. The lowest BCUT2D eigenvalue weighted by atomic mass is 10.0. The maximum absolute atomic E-state index is 12.3. The van der Waals surface area contributed by atoms with E-state index in [0.717, 1.165) is 0 Å². The molecule has 2 rings (SSSR count). The van der Waals surface area contributed by atoms with Crippen LogP contribution in [0, 0.1) is 5.92 Å². The molecule has 30 heavy (non-hydrogen) atoms. The lowest BCUT2D eigenvalue weighted by Crippen LogP contribution is -2.45. The molecule has 0 unspecified atom stereocenters. The van der Waals surface area contributed by atoms with Crippen LogP contribution in [0.2, 0.25) is 0 Å². The zero-order valence-corrected chi connectivity index (χ0v) is 17.0. The molecule has 9 nitrogen and oxygen atoms in total. The highest BCUT2D eigenvalue weighted by Gasteiger charge is 2.27. The standard InChI is InChI=1S/C21H24N2O7/c1-4-28-20(26)14-7-9-15(10-8-14)22-17(24)12-30-21(27)18(13(2)3)23-19(25)16-6-5-11-29-16/h5-11,13,18H,4,12H2,1-3H3,(H,22,24)(H,23,25)/t18-/m0/s1. The highest BCUT2D eigenvalue weighted by molar-refractivity contribution is 5.96. The number of rotatable bonds is 9. The van der Waals surface area contributed by atoms with Crippen LogP contribution in [0.1, 0.15) is 41.7 Å². The number of hydrogen-bond donors (Lipinski definition) is 2. The minimum atomic E-state index is -0.945. The summed E-state index contributed by atoms with van der Waals surface area (Å²) < 4.78 is 14.9. The first-order chi connectivity index (χ1) is 14.3. The van der Waals surface area contributed by atoms with Crippen molar-refractivity contribution in [2.45, 2.75) is 26.8 Å². The Kier molecular flexibility index (Phi) is 8.16. The van der Waals surface area contributed by atoms with E-state index in [4.69, 9.17) is 13.9 Å². The van der Waals surface area contributed by atoms with Crippen molar-refractivity contribution in [2.75, 3.05) is 18.5 Å². The van der Waals surface area contributed by atoms with E-state index < -0.39 is 36.4 Å². The molecule has 1 aromatic heterocycles. The summed E-state index contributed by atoms with van der Waals surface area (Å²) in [6, 6.07) is 8.18. The molecule has 0 saturated heterocycles. The van der Waals surface area contributed by atoms with Crippen LogP contribution in [0.25, 0.3) is 0 Å². The predicted octanol–water partition coefficient (Wildman–Crippen LogP) is 2.39. The number of amides is 2. The molecule has 2 amide bonds. The van der Waals surface area contributed by atoms with E-state index in [9.17, 15) is 19.2 Å². The van der Waals surface area contributed by atoms with Crippen molar-refractivity contribution in [3.63, 3.8) is 0 Å². The highest BCUT2D eigenvalue weighted by Crippen LogP contribution is 2.11. The summed E-state index contributed by atoms with van der Waals surface area (Å²) in [7, 11) is 0. The Balaban J connectivity index is 1.86. The molecule has 0 spiro atoms. The van der Waals surface area contributed by atoms with E-state index in [-0.39, 0.29) is 18.3 Å². The number of ether oxygens (including phenoxy) is 2. The molecule has 0 radical (unpaired) electrons. The molecule has 0 saturated carbocycles. The Morgan fingerprint density at radius 3 is 2.30 bits per heavy atom. The Bertz CT molecular complexity index is 873. The van der Waals surface area contributed by atoms with Gasteiger partial charge in [0.15, 0.2) is 12.4 Å². The molecule has 0 bridgehead atoms. The van der Waals surface area contributed by atoms with Crippen molar-refractivity contribution >= 4 is 29.4 Å². The maximum atomic E-state index is 12.3. The number of anilines is 1. The van der Waals surface area contributed by atoms with E-state index >= 15 is 0 Å². The fraction of sp³-hybridized carbons (Fsp3) is 0.333. The molecule has 0 aliphatic carbocycles. The van der Waals surface area contributed by atoms with Crippen LogP contribution in [-0.2, 0) is 19.1 Å². The Morgan fingerprint density at radius 2 is 1.73 bits per heavy atom. The molecule has 1 heterocycles. The lowest BCUT2D eigenvalue weighted by Gasteiger charge is -2.20. The van der Waals surface area contributed by atoms with Crippen molar-refractivity contribution in [1.82, 2.24) is 5.32 Å². The number of carbonyl (C=O) groups is 4. The summed E-state index contributed by atoms with van der Waals surface area (Å²) in [4.78, 5) is 48.1. The molecular formula is C21H24N2O7. The molecule has 1 aromatic carbocycles. The second-order valence-electron chi connectivity index (χ2n) is 6.63. The third kappa shape index (κ3) is 6.47. The first-order valence-corrected chi connectivity index (χ1v) is 9.39. The number of carbonyl (C=O) groups excluding carboxylic acids is 4. The van der Waals surface area contributed by atoms with Gasteiger partial charge >= 0.3 is 11.9 Å². The number of esters is 2. The molecule has 0 aliphatic heterocycles. The van der Waals surface area contributed by atoms with Gasteiger partial charge in [-0.1, -0.05) is 13.8 Å². The van der Waals surface area contributed by atoms with Crippen molar-refractivity contribution < 1.29 is 33.1 Å². The zero-order chi connectivity index (χ0) is 22.1. The van der Waals surface area contributed by atoms with Gasteiger partial charge in [0.05, 0.1) is 18.4 Å². The number of furan rings is 1. The van der Waals surface area contributed by atoms with Gasteiger partial charge < -0.3 is 24.5 Å². The maximum Gasteiger partial charge on any atom is 0.338 e. The van der Waals surface area contributed by atoms with Crippen molar-refractivity contribution in [2.24, 2.45) is 5.92 Å². The number of hydrogen-bond acceptors (Lipinski definition) is 7. The van der Waals surface area contributed by atoms with Gasteiger partial charge in [-0.25, -0.2) is 9.59 Å². The van der Waals surface area contributed by atoms with Crippen LogP contribution in [0.4, 0.5) is 5.69 Å². The van der Waals surface area contributed by atoms with E-state index in [1.165, 1.54) is 36.6 Å². The average Bonchev–Trinajstić information content (AvgIpc) is 3.25. The van der Waals surface area contributed by atoms with Gasteiger partial charge in [0.2, 0.25) is 0 Å². The Morgan fingerprint density at radius 1 is 1.03 bits per heavy atom. The Hall–Kier alpha value is -3.62. The van der Waals surface area contributed by atoms with Crippen molar-refractivity contribution in [3.05, 3.63) is 54.0 Å². The lowest BCUT2D eigenvalue weighted by molar-refractivity contribution is -0.150. The molecule has 0 fully saturated rings. The quantitative estimate of drug-likeness (QED) is 0.602. The molecule has 160 valence electrons. The fourth-order valence-corrected chi connectivity index (χ4v) is 2.45. The third-order valence-electron chi connectivity index (χ3n) is 3.98. The molecular weight excluding hydrogens is 392 g/mol. The van der Waals surface area contributed by atoms with Gasteiger partial charge in [-0.3, -0.25) is 9.59 Å². The number of nitrogens with one attached hydrogen (secondary N) is 2. The molecule has 2 N–H and O–H groups in total. The van der Waals surface area contributed by atoms with Crippen LogP contribution < -0.4 is 10.6 Å². The van der Waals surface area contributed by atoms with Crippen LogP contribution in [0.5, 0.6) is 0 Å². The summed E-state index contributed by atoms with van der Waals surface area (Å²) in [6.07, 6.45) is 1.35. The average molecular weight is 416 g/mol. The predicted molar refractivity (Wildman–Crippen MR) is 107 cm³/mol.